The first-order valence-electron chi connectivity index (χ1n) is 7.13. The van der Waals surface area contributed by atoms with Crippen LogP contribution in [0.15, 0.2) is 0 Å². The molecule has 0 N–H and O–H groups in total. The van der Waals surface area contributed by atoms with Crippen LogP contribution >= 0.6 is 0 Å². The van der Waals surface area contributed by atoms with Crippen LogP contribution in [0.4, 0.5) is 4.79 Å². The number of ether oxygens (including phenoxy) is 1. The van der Waals surface area contributed by atoms with Crippen molar-refractivity contribution in [1.29, 1.82) is 0 Å². The number of fused-ring (bicyclic) bond motifs is 2. The number of nitrogens with zero attached hydrogens (tertiary/aromatic N) is 2. The molecule has 7 heteroatoms. The van der Waals surface area contributed by atoms with E-state index in [4.69, 9.17) is 4.74 Å². The minimum Gasteiger partial charge on any atom is -0.444 e. The molecule has 6 nitrogen and oxygen atoms in total. The van der Waals surface area contributed by atoms with Gasteiger partial charge in [0.2, 0.25) is 10.0 Å². The van der Waals surface area contributed by atoms with Gasteiger partial charge in [0.25, 0.3) is 0 Å². The quantitative estimate of drug-likeness (QED) is 0.791. The number of hydrogen-bond acceptors (Lipinski definition) is 4. The summed E-state index contributed by atoms with van der Waals surface area (Å²) in [5.74, 6) is 0.183. The maximum Gasteiger partial charge on any atom is 0.410 e. The third-order valence-corrected chi connectivity index (χ3v) is 5.72. The van der Waals surface area contributed by atoms with E-state index in [1.807, 2.05) is 27.7 Å². The van der Waals surface area contributed by atoms with Gasteiger partial charge in [0.05, 0.1) is 11.8 Å². The minimum absolute atomic E-state index is 0.0403. The summed E-state index contributed by atoms with van der Waals surface area (Å²) in [4.78, 5) is 13.7. The Morgan fingerprint density at radius 1 is 1.25 bits per heavy atom. The van der Waals surface area contributed by atoms with Crippen LogP contribution in [0.2, 0.25) is 0 Å². The second kappa shape index (κ2) is 5.18. The fraction of sp³-hybridized carbons (Fsp3) is 0.923. The van der Waals surface area contributed by atoms with E-state index >= 15 is 0 Å². The summed E-state index contributed by atoms with van der Waals surface area (Å²) in [6.07, 6.45) is 1.01. The standard InChI is InChI=1S/C13H24N2O4S/c1-5-6-20(17,18)15-9-10-7-11(15)8-14(10)12(16)19-13(2,3)4/h10-11H,5-9H2,1-4H3. The van der Waals surface area contributed by atoms with Crippen LogP contribution in [0.3, 0.4) is 0 Å². The molecule has 2 saturated heterocycles. The molecular formula is C13H24N2O4S. The Labute approximate surface area is 121 Å². The molecule has 0 aromatic carbocycles. The highest BCUT2D eigenvalue weighted by molar-refractivity contribution is 7.89. The lowest BCUT2D eigenvalue weighted by molar-refractivity contribution is 0.0173. The van der Waals surface area contributed by atoms with Crippen molar-refractivity contribution in [2.24, 2.45) is 0 Å². The van der Waals surface area contributed by atoms with Crippen molar-refractivity contribution in [3.8, 4) is 0 Å². The third-order valence-electron chi connectivity index (χ3n) is 3.64. The molecule has 2 unspecified atom stereocenters. The van der Waals surface area contributed by atoms with E-state index in [0.29, 0.717) is 19.5 Å². The molecule has 2 atom stereocenters. The summed E-state index contributed by atoms with van der Waals surface area (Å²) >= 11 is 0. The van der Waals surface area contributed by atoms with Crippen LogP contribution < -0.4 is 0 Å². The molecule has 116 valence electrons. The summed E-state index contributed by atoms with van der Waals surface area (Å²) in [5.41, 5.74) is -0.521. The largest absolute Gasteiger partial charge is 0.444 e. The molecule has 2 fully saturated rings. The van der Waals surface area contributed by atoms with E-state index < -0.39 is 15.6 Å². The van der Waals surface area contributed by atoms with E-state index in [-0.39, 0.29) is 23.9 Å². The molecule has 0 aliphatic carbocycles. The van der Waals surface area contributed by atoms with Crippen LogP contribution in [0.1, 0.15) is 40.5 Å². The maximum absolute atomic E-state index is 12.1. The number of rotatable bonds is 3. The van der Waals surface area contributed by atoms with Gasteiger partial charge in [-0.25, -0.2) is 13.2 Å². The topological polar surface area (TPSA) is 66.9 Å². The van der Waals surface area contributed by atoms with Crippen molar-refractivity contribution >= 4 is 16.1 Å². The molecule has 0 aromatic rings. The van der Waals surface area contributed by atoms with Crippen LogP contribution in [-0.4, -0.2) is 60.2 Å². The summed E-state index contributed by atoms with van der Waals surface area (Å²) in [7, 11) is -3.17. The van der Waals surface area contributed by atoms with Gasteiger partial charge in [0, 0.05) is 19.1 Å². The summed E-state index contributed by atoms with van der Waals surface area (Å²) < 4.78 is 31.2. The van der Waals surface area contributed by atoms with Gasteiger partial charge in [-0.15, -0.1) is 0 Å². The van der Waals surface area contributed by atoms with Crippen molar-refractivity contribution in [3.63, 3.8) is 0 Å². The number of piperazine rings is 1. The van der Waals surface area contributed by atoms with Gasteiger partial charge in [-0.05, 0) is 33.6 Å². The highest BCUT2D eigenvalue weighted by atomic mass is 32.2. The Kier molecular flexibility index (Phi) is 4.03. The van der Waals surface area contributed by atoms with Gasteiger partial charge >= 0.3 is 6.09 Å². The molecule has 0 saturated carbocycles. The van der Waals surface area contributed by atoms with Crippen molar-refractivity contribution < 1.29 is 17.9 Å². The molecule has 0 radical (unpaired) electrons. The van der Waals surface area contributed by atoms with E-state index in [9.17, 15) is 13.2 Å². The lowest BCUT2D eigenvalue weighted by atomic mass is 10.2. The molecule has 1 amide bonds. The first-order chi connectivity index (χ1) is 9.14. The molecule has 0 spiro atoms. The summed E-state index contributed by atoms with van der Waals surface area (Å²) in [6, 6.07) is -0.120. The Morgan fingerprint density at radius 2 is 1.90 bits per heavy atom. The number of likely N-dealkylation sites (tertiary alicyclic amines) is 1. The van der Waals surface area contributed by atoms with Crippen molar-refractivity contribution in [2.75, 3.05) is 18.8 Å². The first kappa shape index (κ1) is 15.6. The highest BCUT2D eigenvalue weighted by Crippen LogP contribution is 2.33. The van der Waals surface area contributed by atoms with Crippen LogP contribution in [0.25, 0.3) is 0 Å². The van der Waals surface area contributed by atoms with E-state index in [1.54, 1.807) is 9.21 Å². The normalized spacial score (nSPS) is 27.1. The average molecular weight is 304 g/mol. The first-order valence-corrected chi connectivity index (χ1v) is 8.74. The number of carbonyl (C=O) groups excluding carboxylic acids is 1. The SMILES string of the molecule is CCCS(=O)(=O)N1CC2CC1CN2C(=O)OC(C)(C)C. The monoisotopic (exact) mass is 304 g/mol. The summed E-state index contributed by atoms with van der Waals surface area (Å²) in [6.45, 7) is 8.21. The molecule has 2 bridgehead atoms. The Bertz CT molecular complexity index is 483. The predicted molar refractivity (Wildman–Crippen MR) is 75.9 cm³/mol. The van der Waals surface area contributed by atoms with Crippen molar-refractivity contribution in [3.05, 3.63) is 0 Å². The smallest absolute Gasteiger partial charge is 0.410 e. The fourth-order valence-electron chi connectivity index (χ4n) is 2.89. The molecule has 0 aromatic heterocycles. The Morgan fingerprint density at radius 3 is 2.35 bits per heavy atom. The van der Waals surface area contributed by atoms with Crippen molar-refractivity contribution in [2.45, 2.75) is 58.2 Å². The zero-order valence-corrected chi connectivity index (χ0v) is 13.4. The molecule has 2 aliphatic rings. The molecule has 2 heterocycles. The lowest BCUT2D eigenvalue weighted by Crippen LogP contribution is -2.52. The fourth-order valence-corrected chi connectivity index (χ4v) is 4.65. The van der Waals surface area contributed by atoms with E-state index in [1.165, 1.54) is 0 Å². The molecule has 2 rings (SSSR count). The third kappa shape index (κ3) is 3.09. The summed E-state index contributed by atoms with van der Waals surface area (Å²) in [5, 5.41) is 0. The number of amides is 1. The van der Waals surface area contributed by atoms with Gasteiger partial charge < -0.3 is 9.64 Å². The second-order valence-corrected chi connectivity index (χ2v) is 8.60. The van der Waals surface area contributed by atoms with Crippen LogP contribution in [-0.2, 0) is 14.8 Å². The number of sulfonamides is 1. The van der Waals surface area contributed by atoms with Gasteiger partial charge in [-0.2, -0.15) is 4.31 Å². The molecular weight excluding hydrogens is 280 g/mol. The predicted octanol–water partition coefficient (Wildman–Crippen LogP) is 1.42. The van der Waals surface area contributed by atoms with Crippen molar-refractivity contribution in [1.82, 2.24) is 9.21 Å². The van der Waals surface area contributed by atoms with Gasteiger partial charge in [-0.3, -0.25) is 0 Å². The maximum atomic E-state index is 12.1. The van der Waals surface area contributed by atoms with Crippen LogP contribution in [0, 0.1) is 0 Å². The Hall–Kier alpha value is -0.820. The average Bonchev–Trinajstić information content (AvgIpc) is 2.85. The number of carbonyl (C=O) groups is 1. The lowest BCUT2D eigenvalue weighted by Gasteiger charge is -2.34. The van der Waals surface area contributed by atoms with E-state index in [0.717, 1.165) is 6.42 Å². The van der Waals surface area contributed by atoms with Gasteiger partial charge in [0.1, 0.15) is 5.60 Å². The zero-order chi connectivity index (χ0) is 15.1. The minimum atomic E-state index is -3.17. The Balaban J connectivity index is 2.00. The van der Waals surface area contributed by atoms with Gasteiger partial charge in [0.15, 0.2) is 0 Å². The molecule has 2 aliphatic heterocycles. The zero-order valence-electron chi connectivity index (χ0n) is 12.6. The van der Waals surface area contributed by atoms with Gasteiger partial charge in [-0.1, -0.05) is 6.92 Å². The van der Waals surface area contributed by atoms with E-state index in [2.05, 4.69) is 0 Å². The van der Waals surface area contributed by atoms with Crippen LogP contribution in [0.5, 0.6) is 0 Å². The molecule has 20 heavy (non-hydrogen) atoms. The second-order valence-electron chi connectivity index (χ2n) is 6.56. The number of hydrogen-bond donors (Lipinski definition) is 0. The highest BCUT2D eigenvalue weighted by Gasteiger charge is 2.50.